The summed E-state index contributed by atoms with van der Waals surface area (Å²) in [4.78, 5) is 1.93. The fraction of sp³-hybridized carbons (Fsp3) is 0.364. The lowest BCUT2D eigenvalue weighted by molar-refractivity contribution is 0.601. The largest absolute Gasteiger partial charge is 0.322 e. The quantitative estimate of drug-likeness (QED) is 0.743. The van der Waals surface area contributed by atoms with Gasteiger partial charge in [-0.25, -0.2) is 8.42 Å². The Bertz CT molecular complexity index is 616. The summed E-state index contributed by atoms with van der Waals surface area (Å²) in [7, 11) is -2.94. The lowest BCUT2D eigenvalue weighted by Crippen LogP contribution is -2.36. The molecule has 0 saturated carbocycles. The van der Waals surface area contributed by atoms with E-state index >= 15 is 0 Å². The number of halogens is 1. The van der Waals surface area contributed by atoms with Gasteiger partial charge in [0.15, 0.2) is 9.84 Å². The van der Waals surface area contributed by atoms with Crippen LogP contribution in [0.3, 0.4) is 0 Å². The van der Waals surface area contributed by atoms with E-state index in [2.05, 4.69) is 0 Å². The molecule has 2 saturated heterocycles. The van der Waals surface area contributed by atoms with E-state index in [-0.39, 0.29) is 22.8 Å². The number of hydrogen-bond acceptors (Lipinski definition) is 4. The molecule has 0 amide bonds. The van der Waals surface area contributed by atoms with Crippen LogP contribution in [0.15, 0.2) is 24.3 Å². The molecule has 0 unspecified atom stereocenters. The molecule has 0 spiro atoms. The molecular weight excluding hydrogens is 310 g/mol. The van der Waals surface area contributed by atoms with E-state index in [4.69, 9.17) is 23.8 Å². The van der Waals surface area contributed by atoms with E-state index in [0.717, 1.165) is 10.0 Å². The van der Waals surface area contributed by atoms with Crippen molar-refractivity contribution in [3.63, 3.8) is 0 Å². The zero-order valence-electron chi connectivity index (χ0n) is 9.24. The smallest absolute Gasteiger partial charge is 0.153 e. The molecule has 2 aliphatic rings. The highest BCUT2D eigenvalue weighted by Crippen LogP contribution is 2.41. The Kier molecular flexibility index (Phi) is 3.09. The van der Waals surface area contributed by atoms with Crippen LogP contribution in [-0.4, -0.2) is 35.5 Å². The minimum atomic E-state index is -2.94. The van der Waals surface area contributed by atoms with E-state index in [1.54, 1.807) is 6.07 Å². The van der Waals surface area contributed by atoms with Crippen molar-refractivity contribution >= 4 is 55.4 Å². The first-order chi connectivity index (χ1) is 8.46. The van der Waals surface area contributed by atoms with Gasteiger partial charge >= 0.3 is 0 Å². The summed E-state index contributed by atoms with van der Waals surface area (Å²) in [6, 6.07) is 7.32. The molecule has 0 aromatic heterocycles. The number of thioether (sulfide) groups is 1. The summed E-state index contributed by atoms with van der Waals surface area (Å²) in [5.74, 6) is 0.400. The van der Waals surface area contributed by atoms with Crippen molar-refractivity contribution in [2.24, 2.45) is 0 Å². The molecule has 18 heavy (non-hydrogen) atoms. The van der Waals surface area contributed by atoms with Gasteiger partial charge in [-0.05, 0) is 18.2 Å². The zero-order valence-corrected chi connectivity index (χ0v) is 12.5. The maximum absolute atomic E-state index is 11.7. The van der Waals surface area contributed by atoms with Gasteiger partial charge in [-0.2, -0.15) is 0 Å². The zero-order chi connectivity index (χ0) is 12.9. The highest BCUT2D eigenvalue weighted by atomic mass is 35.5. The molecule has 0 bridgehead atoms. The molecule has 2 aliphatic heterocycles. The van der Waals surface area contributed by atoms with Gasteiger partial charge in [0.2, 0.25) is 0 Å². The number of fused-ring (bicyclic) bond motifs is 1. The molecule has 0 radical (unpaired) electrons. The van der Waals surface area contributed by atoms with E-state index in [1.807, 2.05) is 23.1 Å². The van der Waals surface area contributed by atoms with Gasteiger partial charge < -0.3 is 4.90 Å². The second-order valence-corrected chi connectivity index (χ2v) is 8.88. The maximum atomic E-state index is 11.7. The summed E-state index contributed by atoms with van der Waals surface area (Å²) < 4.78 is 24.1. The fourth-order valence-electron chi connectivity index (χ4n) is 2.39. The lowest BCUT2D eigenvalue weighted by atomic mass is 10.2. The Morgan fingerprint density at radius 1 is 1.39 bits per heavy atom. The summed E-state index contributed by atoms with van der Waals surface area (Å²) >= 11 is 12.8. The molecule has 2 heterocycles. The summed E-state index contributed by atoms with van der Waals surface area (Å²) in [5, 5.41) is 0.686. The summed E-state index contributed by atoms with van der Waals surface area (Å²) in [5.41, 5.74) is 0.879. The number of nitrogens with zero attached hydrogens (tertiary/aromatic N) is 1. The maximum Gasteiger partial charge on any atom is 0.153 e. The van der Waals surface area contributed by atoms with Crippen LogP contribution < -0.4 is 4.90 Å². The van der Waals surface area contributed by atoms with Gasteiger partial charge in [-0.15, -0.1) is 0 Å². The van der Waals surface area contributed by atoms with Crippen molar-refractivity contribution in [1.82, 2.24) is 0 Å². The van der Waals surface area contributed by atoms with Crippen molar-refractivity contribution in [3.05, 3.63) is 29.3 Å². The van der Waals surface area contributed by atoms with Crippen LogP contribution in [-0.2, 0) is 9.84 Å². The number of hydrogen-bond donors (Lipinski definition) is 0. The van der Waals surface area contributed by atoms with E-state index in [9.17, 15) is 8.42 Å². The molecular formula is C11H10ClNO2S3. The van der Waals surface area contributed by atoms with Gasteiger partial charge in [-0.3, -0.25) is 0 Å². The topological polar surface area (TPSA) is 37.4 Å². The van der Waals surface area contributed by atoms with Crippen molar-refractivity contribution in [2.75, 3.05) is 16.4 Å². The highest BCUT2D eigenvalue weighted by molar-refractivity contribution is 8.24. The minimum absolute atomic E-state index is 0.0500. The second kappa shape index (κ2) is 4.37. The number of anilines is 1. The molecule has 96 valence electrons. The standard InChI is InChI=1S/C11H10ClNO2S3/c12-7-2-1-3-8(4-7)13-9-5-18(14,15)6-10(9)17-11(13)16/h1-4,9-10H,5-6H2/t9-,10+/m1/s1. The number of rotatable bonds is 1. The van der Waals surface area contributed by atoms with Crippen LogP contribution in [0.4, 0.5) is 5.69 Å². The van der Waals surface area contributed by atoms with Gasteiger partial charge in [0.25, 0.3) is 0 Å². The van der Waals surface area contributed by atoms with E-state index < -0.39 is 9.84 Å². The number of sulfone groups is 1. The van der Waals surface area contributed by atoms with Crippen molar-refractivity contribution in [2.45, 2.75) is 11.3 Å². The summed E-state index contributed by atoms with van der Waals surface area (Å²) in [6.45, 7) is 0. The minimum Gasteiger partial charge on any atom is -0.322 e. The number of benzene rings is 1. The third-order valence-electron chi connectivity index (χ3n) is 3.14. The average Bonchev–Trinajstić information content (AvgIpc) is 2.68. The van der Waals surface area contributed by atoms with E-state index in [0.29, 0.717) is 5.02 Å². The molecule has 1 aromatic rings. The Balaban J connectivity index is 1.99. The first kappa shape index (κ1) is 12.7. The predicted octanol–water partition coefficient (Wildman–Crippen LogP) is 2.34. The van der Waals surface area contributed by atoms with Crippen LogP contribution in [0.5, 0.6) is 0 Å². The van der Waals surface area contributed by atoms with Crippen LogP contribution in [0, 0.1) is 0 Å². The van der Waals surface area contributed by atoms with Crippen LogP contribution >= 0.6 is 35.6 Å². The third-order valence-corrected chi connectivity index (χ3v) is 6.97. The average molecular weight is 320 g/mol. The Labute approximate surface area is 120 Å². The van der Waals surface area contributed by atoms with Crippen molar-refractivity contribution in [1.29, 1.82) is 0 Å². The number of thiocarbonyl (C=S) groups is 1. The highest BCUT2D eigenvalue weighted by Gasteiger charge is 2.48. The molecule has 7 heteroatoms. The Hall–Kier alpha value is -0.300. The van der Waals surface area contributed by atoms with Crippen LogP contribution in [0.2, 0.25) is 5.02 Å². The molecule has 3 rings (SSSR count). The SMILES string of the molecule is O=S1(=O)C[C@@H]2SC(=S)N(c3cccc(Cl)c3)[C@@H]2C1. The molecule has 2 atom stereocenters. The van der Waals surface area contributed by atoms with Gasteiger partial charge in [0, 0.05) is 16.0 Å². The molecule has 3 nitrogen and oxygen atoms in total. The fourth-order valence-corrected chi connectivity index (χ4v) is 6.96. The van der Waals surface area contributed by atoms with Gasteiger partial charge in [0.05, 0.1) is 17.5 Å². The third kappa shape index (κ3) is 2.15. The monoisotopic (exact) mass is 319 g/mol. The normalized spacial score (nSPS) is 29.6. The molecule has 2 fully saturated rings. The van der Waals surface area contributed by atoms with E-state index in [1.165, 1.54) is 11.8 Å². The first-order valence-corrected chi connectivity index (χ1v) is 8.91. The van der Waals surface area contributed by atoms with Crippen LogP contribution in [0.25, 0.3) is 0 Å². The van der Waals surface area contributed by atoms with Crippen LogP contribution in [0.1, 0.15) is 0 Å². The molecule has 0 aliphatic carbocycles. The predicted molar refractivity (Wildman–Crippen MR) is 80.3 cm³/mol. The lowest BCUT2D eigenvalue weighted by Gasteiger charge is -2.24. The summed E-state index contributed by atoms with van der Waals surface area (Å²) in [6.07, 6.45) is 0. The van der Waals surface area contributed by atoms with Gasteiger partial charge in [0.1, 0.15) is 4.32 Å². The second-order valence-electron chi connectivity index (χ2n) is 4.42. The molecule has 1 aromatic carbocycles. The van der Waals surface area contributed by atoms with Gasteiger partial charge in [-0.1, -0.05) is 41.6 Å². The molecule has 0 N–H and O–H groups in total. The van der Waals surface area contributed by atoms with Crippen molar-refractivity contribution in [3.8, 4) is 0 Å². The Morgan fingerprint density at radius 2 is 2.17 bits per heavy atom. The van der Waals surface area contributed by atoms with Crippen molar-refractivity contribution < 1.29 is 8.42 Å². The Morgan fingerprint density at radius 3 is 2.89 bits per heavy atom. The first-order valence-electron chi connectivity index (χ1n) is 5.42.